The normalized spacial score (nSPS) is 38.2. The number of ether oxygens (including phenoxy) is 1. The van der Waals surface area contributed by atoms with Crippen molar-refractivity contribution in [1.29, 1.82) is 0 Å². The van der Waals surface area contributed by atoms with Crippen LogP contribution in [0, 0.1) is 0 Å². The fourth-order valence-electron chi connectivity index (χ4n) is 2.51. The van der Waals surface area contributed by atoms with Crippen molar-refractivity contribution in [3.63, 3.8) is 0 Å². The van der Waals surface area contributed by atoms with Gasteiger partial charge in [-0.05, 0) is 6.42 Å². The van der Waals surface area contributed by atoms with Gasteiger partial charge in [-0.3, -0.25) is 0 Å². The lowest BCUT2D eigenvalue weighted by molar-refractivity contribution is 0.116. The van der Waals surface area contributed by atoms with Crippen molar-refractivity contribution in [3.8, 4) is 0 Å². The first-order valence-electron chi connectivity index (χ1n) is 7.04. The number of rotatable bonds is 3. The minimum Gasteiger partial charge on any atom is -0.380 e. The molecule has 2 saturated heterocycles. The van der Waals surface area contributed by atoms with Gasteiger partial charge in [0.05, 0.1) is 17.4 Å². The Balaban J connectivity index is 1.65. The predicted octanol–water partition coefficient (Wildman–Crippen LogP) is 2.42. The third-order valence-corrected chi connectivity index (χ3v) is 7.40. The van der Waals surface area contributed by atoms with Gasteiger partial charge in [-0.1, -0.05) is 19.0 Å². The lowest BCUT2D eigenvalue weighted by atomic mass is 10.2. The molecule has 7 heteroatoms. The molecule has 0 saturated carbocycles. The van der Waals surface area contributed by atoms with E-state index >= 15 is 0 Å². The van der Waals surface area contributed by atoms with Gasteiger partial charge in [-0.2, -0.15) is 16.7 Å². The Morgan fingerprint density at radius 2 is 2.20 bits per heavy atom. The molecule has 5 atom stereocenters. The van der Waals surface area contributed by atoms with Crippen LogP contribution in [0.3, 0.4) is 0 Å². The summed E-state index contributed by atoms with van der Waals surface area (Å²) in [6.07, 6.45) is 1.15. The highest BCUT2D eigenvalue weighted by Gasteiger charge is 2.33. The summed E-state index contributed by atoms with van der Waals surface area (Å²) in [5, 5.41) is 9.24. The van der Waals surface area contributed by atoms with E-state index in [1.165, 1.54) is 0 Å². The lowest BCUT2D eigenvalue weighted by Gasteiger charge is -2.29. The van der Waals surface area contributed by atoms with Crippen LogP contribution in [0.25, 0.3) is 0 Å². The molecule has 20 heavy (non-hydrogen) atoms. The topological polar surface area (TPSA) is 60.2 Å². The van der Waals surface area contributed by atoms with Gasteiger partial charge in [0.15, 0.2) is 5.82 Å². The highest BCUT2D eigenvalue weighted by Crippen LogP contribution is 2.43. The molecule has 2 aliphatic heterocycles. The quantitative estimate of drug-likeness (QED) is 0.919. The molecule has 1 N–H and O–H groups in total. The summed E-state index contributed by atoms with van der Waals surface area (Å²) in [4.78, 5) is 4.61. The zero-order chi connectivity index (χ0) is 14.1. The molecule has 0 aliphatic carbocycles. The van der Waals surface area contributed by atoms with E-state index in [9.17, 15) is 0 Å². The van der Waals surface area contributed by atoms with E-state index < -0.39 is 0 Å². The molecule has 1 aromatic heterocycles. The smallest absolute Gasteiger partial charge is 0.243 e. The van der Waals surface area contributed by atoms with Crippen molar-refractivity contribution in [3.05, 3.63) is 11.7 Å². The number of methoxy groups -OCH3 is 1. The minimum absolute atomic E-state index is 0.138. The molecule has 0 amide bonds. The van der Waals surface area contributed by atoms with Crippen molar-refractivity contribution in [1.82, 2.24) is 15.5 Å². The summed E-state index contributed by atoms with van der Waals surface area (Å²) in [5.41, 5.74) is 0. The van der Waals surface area contributed by atoms with E-state index in [4.69, 9.17) is 9.26 Å². The molecule has 0 aromatic carbocycles. The third-order valence-electron chi connectivity index (χ3n) is 4.02. The molecule has 2 fully saturated rings. The van der Waals surface area contributed by atoms with E-state index in [0.717, 1.165) is 24.5 Å². The summed E-state index contributed by atoms with van der Waals surface area (Å²) in [6.45, 7) is 5.41. The average Bonchev–Trinajstić information content (AvgIpc) is 3.09. The van der Waals surface area contributed by atoms with Crippen LogP contribution in [0.4, 0.5) is 0 Å². The fourth-order valence-corrected chi connectivity index (χ4v) is 5.34. The Labute approximate surface area is 128 Å². The van der Waals surface area contributed by atoms with Crippen LogP contribution in [-0.2, 0) is 4.74 Å². The molecule has 0 spiro atoms. The first-order chi connectivity index (χ1) is 9.67. The number of hydrogen-bond acceptors (Lipinski definition) is 7. The second kappa shape index (κ2) is 6.25. The van der Waals surface area contributed by atoms with Gasteiger partial charge in [-0.15, -0.1) is 11.8 Å². The second-order valence-electron chi connectivity index (χ2n) is 5.41. The summed E-state index contributed by atoms with van der Waals surface area (Å²) in [5.74, 6) is 2.61. The largest absolute Gasteiger partial charge is 0.380 e. The van der Waals surface area contributed by atoms with E-state index in [1.807, 2.05) is 23.5 Å². The van der Waals surface area contributed by atoms with Gasteiger partial charge >= 0.3 is 0 Å². The maximum atomic E-state index is 5.45. The minimum atomic E-state index is 0.138. The zero-order valence-electron chi connectivity index (χ0n) is 12.0. The second-order valence-corrected chi connectivity index (χ2v) is 8.41. The molecule has 112 valence electrons. The Bertz CT molecular complexity index is 457. The molecule has 0 radical (unpaired) electrons. The van der Waals surface area contributed by atoms with Crippen molar-refractivity contribution < 1.29 is 9.26 Å². The molecule has 3 unspecified atom stereocenters. The third kappa shape index (κ3) is 3.00. The molecule has 5 nitrogen and oxygen atoms in total. The Kier molecular flexibility index (Phi) is 4.59. The van der Waals surface area contributed by atoms with Crippen LogP contribution < -0.4 is 5.32 Å². The van der Waals surface area contributed by atoms with E-state index in [2.05, 4.69) is 29.3 Å². The van der Waals surface area contributed by atoms with Crippen molar-refractivity contribution in [2.45, 2.75) is 48.2 Å². The highest BCUT2D eigenvalue weighted by atomic mass is 32.2. The number of thioether (sulfide) groups is 2. The lowest BCUT2D eigenvalue weighted by Crippen LogP contribution is -2.22. The van der Waals surface area contributed by atoms with Gasteiger partial charge in [0.25, 0.3) is 0 Å². The number of hydrogen-bond donors (Lipinski definition) is 1. The first-order valence-corrected chi connectivity index (χ1v) is 9.03. The Hall–Kier alpha value is -0.240. The SMILES string of the molecule is CO[C@@H]1CN[C@@H](c2nc(C3CSC(C)C(C)S3)no2)C1. The maximum Gasteiger partial charge on any atom is 0.243 e. The summed E-state index contributed by atoms with van der Waals surface area (Å²) >= 11 is 3.95. The Morgan fingerprint density at radius 3 is 2.90 bits per heavy atom. The molecule has 3 heterocycles. The van der Waals surface area contributed by atoms with Crippen LogP contribution in [0.5, 0.6) is 0 Å². The molecular weight excluding hydrogens is 294 g/mol. The van der Waals surface area contributed by atoms with Crippen molar-refractivity contribution >= 4 is 23.5 Å². The number of aromatic nitrogens is 2. The van der Waals surface area contributed by atoms with Gasteiger partial charge in [0, 0.05) is 29.9 Å². The van der Waals surface area contributed by atoms with Gasteiger partial charge < -0.3 is 14.6 Å². The van der Waals surface area contributed by atoms with Crippen LogP contribution in [-0.4, -0.2) is 46.2 Å². The van der Waals surface area contributed by atoms with Crippen LogP contribution in [0.2, 0.25) is 0 Å². The standard InChI is InChI=1S/C13H21N3O2S2/c1-7-8(2)20-11(6-19-7)12-15-13(18-16-12)10-4-9(17-3)5-14-10/h7-11,14H,4-6H2,1-3H3/t7?,8?,9-,10+,11?/m0/s1. The fraction of sp³-hybridized carbons (Fsp3) is 0.846. The zero-order valence-corrected chi connectivity index (χ0v) is 13.7. The molecule has 2 aliphatic rings. The maximum absolute atomic E-state index is 5.45. The first kappa shape index (κ1) is 14.7. The Morgan fingerprint density at radius 1 is 1.35 bits per heavy atom. The van der Waals surface area contributed by atoms with Gasteiger partial charge in [0.2, 0.25) is 5.89 Å². The van der Waals surface area contributed by atoms with Crippen LogP contribution in [0.15, 0.2) is 4.52 Å². The number of nitrogens with zero attached hydrogens (tertiary/aromatic N) is 2. The molecular formula is C13H21N3O2S2. The summed E-state index contributed by atoms with van der Waals surface area (Å²) in [6, 6.07) is 0.138. The van der Waals surface area contributed by atoms with Crippen LogP contribution in [0.1, 0.15) is 43.3 Å². The monoisotopic (exact) mass is 315 g/mol. The molecule has 0 bridgehead atoms. The number of nitrogens with one attached hydrogen (secondary N) is 1. The van der Waals surface area contributed by atoms with Crippen molar-refractivity contribution in [2.24, 2.45) is 0 Å². The van der Waals surface area contributed by atoms with Crippen LogP contribution >= 0.6 is 23.5 Å². The summed E-state index contributed by atoms with van der Waals surface area (Å²) < 4.78 is 10.8. The predicted molar refractivity (Wildman–Crippen MR) is 82.2 cm³/mol. The van der Waals surface area contributed by atoms with Gasteiger partial charge in [0.1, 0.15) is 0 Å². The average molecular weight is 315 g/mol. The van der Waals surface area contributed by atoms with E-state index in [0.29, 0.717) is 21.6 Å². The molecule has 3 rings (SSSR count). The van der Waals surface area contributed by atoms with Gasteiger partial charge in [-0.25, -0.2) is 0 Å². The summed E-state index contributed by atoms with van der Waals surface area (Å²) in [7, 11) is 1.74. The molecule has 1 aromatic rings. The highest BCUT2D eigenvalue weighted by molar-refractivity contribution is 8.07. The van der Waals surface area contributed by atoms with Crippen molar-refractivity contribution in [2.75, 3.05) is 19.4 Å². The van der Waals surface area contributed by atoms with E-state index in [1.54, 1.807) is 7.11 Å². The van der Waals surface area contributed by atoms with E-state index in [-0.39, 0.29) is 12.1 Å².